The first-order valence-electron chi connectivity index (χ1n) is 5.83. The van der Waals surface area contributed by atoms with E-state index in [4.69, 9.17) is 9.84 Å². The zero-order valence-electron chi connectivity index (χ0n) is 10.6. The maximum Gasteiger partial charge on any atom is 0.303 e. The number of amides is 1. The molecule has 19 heavy (non-hydrogen) atoms. The molecule has 1 N–H and O–H groups in total. The van der Waals surface area contributed by atoms with Crippen LogP contribution in [-0.2, 0) is 9.59 Å². The molecule has 1 rings (SSSR count). The lowest BCUT2D eigenvalue weighted by Gasteiger charge is -2.17. The lowest BCUT2D eigenvalue weighted by molar-refractivity contribution is -0.140. The molecule has 6 heteroatoms. The first-order chi connectivity index (χ1) is 8.99. The van der Waals surface area contributed by atoms with Gasteiger partial charge in [0.25, 0.3) is 0 Å². The highest BCUT2D eigenvalue weighted by Gasteiger charge is 2.10. The van der Waals surface area contributed by atoms with E-state index < -0.39 is 5.97 Å². The number of aliphatic carboxylic acids is 1. The van der Waals surface area contributed by atoms with E-state index in [1.165, 1.54) is 29.2 Å². The smallest absolute Gasteiger partial charge is 0.303 e. The van der Waals surface area contributed by atoms with Gasteiger partial charge in [0.1, 0.15) is 18.2 Å². The van der Waals surface area contributed by atoms with E-state index >= 15 is 0 Å². The molecular weight excluding hydrogens is 253 g/mol. The number of hydrogen-bond acceptors (Lipinski definition) is 3. The molecule has 0 heterocycles. The summed E-state index contributed by atoms with van der Waals surface area (Å²) < 4.78 is 18.0. The summed E-state index contributed by atoms with van der Waals surface area (Å²) in [6, 6.07) is 5.58. The second-order valence-corrected chi connectivity index (χ2v) is 4.01. The monoisotopic (exact) mass is 269 g/mol. The summed E-state index contributed by atoms with van der Waals surface area (Å²) in [5.74, 6) is -1.06. The van der Waals surface area contributed by atoms with E-state index in [9.17, 15) is 14.0 Å². The van der Waals surface area contributed by atoms with Gasteiger partial charge in [-0.3, -0.25) is 9.59 Å². The van der Waals surface area contributed by atoms with Crippen LogP contribution in [0, 0.1) is 5.82 Å². The fraction of sp³-hybridized carbons (Fsp3) is 0.385. The van der Waals surface area contributed by atoms with Gasteiger partial charge in [0.05, 0.1) is 13.0 Å². The Morgan fingerprint density at radius 3 is 2.47 bits per heavy atom. The van der Waals surface area contributed by atoms with Crippen molar-refractivity contribution in [2.24, 2.45) is 0 Å². The molecule has 0 aliphatic carbocycles. The Morgan fingerprint density at radius 1 is 1.26 bits per heavy atom. The third kappa shape index (κ3) is 5.85. The molecule has 0 bridgehead atoms. The van der Waals surface area contributed by atoms with Gasteiger partial charge in [0.2, 0.25) is 5.91 Å². The largest absolute Gasteiger partial charge is 0.492 e. The van der Waals surface area contributed by atoms with Crippen molar-refractivity contribution in [2.75, 3.05) is 20.2 Å². The quantitative estimate of drug-likeness (QED) is 0.815. The van der Waals surface area contributed by atoms with Gasteiger partial charge in [0.15, 0.2) is 0 Å². The molecule has 0 radical (unpaired) electrons. The molecule has 0 spiro atoms. The normalized spacial score (nSPS) is 10.0. The van der Waals surface area contributed by atoms with E-state index in [1.807, 2.05) is 0 Å². The van der Waals surface area contributed by atoms with Crippen molar-refractivity contribution in [3.8, 4) is 5.75 Å². The van der Waals surface area contributed by atoms with E-state index in [1.54, 1.807) is 7.05 Å². The van der Waals surface area contributed by atoms with Gasteiger partial charge < -0.3 is 14.7 Å². The van der Waals surface area contributed by atoms with Crippen molar-refractivity contribution in [3.05, 3.63) is 30.1 Å². The Kier molecular flexibility index (Phi) is 5.78. The number of benzene rings is 1. The van der Waals surface area contributed by atoms with Gasteiger partial charge in [-0.2, -0.15) is 0 Å². The van der Waals surface area contributed by atoms with Gasteiger partial charge >= 0.3 is 5.97 Å². The maximum absolute atomic E-state index is 12.6. The van der Waals surface area contributed by atoms with Crippen LogP contribution in [0.5, 0.6) is 5.75 Å². The number of halogens is 1. The van der Waals surface area contributed by atoms with Gasteiger partial charge in [0, 0.05) is 13.5 Å². The summed E-state index contributed by atoms with van der Waals surface area (Å²) in [4.78, 5) is 23.2. The second kappa shape index (κ2) is 7.35. The van der Waals surface area contributed by atoms with Crippen LogP contribution < -0.4 is 4.74 Å². The molecule has 0 saturated heterocycles. The predicted octanol–water partition coefficient (Wildman–Crippen LogP) is 1.53. The minimum absolute atomic E-state index is 0.0254. The molecule has 104 valence electrons. The fourth-order valence-corrected chi connectivity index (χ4v) is 1.36. The predicted molar refractivity (Wildman–Crippen MR) is 66.4 cm³/mol. The lowest BCUT2D eigenvalue weighted by atomic mass is 10.3. The summed E-state index contributed by atoms with van der Waals surface area (Å²) in [7, 11) is 1.58. The summed E-state index contributed by atoms with van der Waals surface area (Å²) in [6.45, 7) is 0.608. The van der Waals surface area contributed by atoms with E-state index in [2.05, 4.69) is 0 Å². The van der Waals surface area contributed by atoms with Crippen LogP contribution in [0.4, 0.5) is 4.39 Å². The van der Waals surface area contributed by atoms with Gasteiger partial charge in [-0.15, -0.1) is 0 Å². The van der Waals surface area contributed by atoms with Crippen LogP contribution in [0.3, 0.4) is 0 Å². The van der Waals surface area contributed by atoms with Crippen LogP contribution in [0.15, 0.2) is 24.3 Å². The number of carbonyl (C=O) groups excluding carboxylic acids is 1. The number of rotatable bonds is 7. The highest BCUT2D eigenvalue weighted by molar-refractivity contribution is 5.80. The average Bonchev–Trinajstić information content (AvgIpc) is 2.38. The highest BCUT2D eigenvalue weighted by Crippen LogP contribution is 2.10. The molecule has 0 aliphatic rings. The molecule has 0 saturated carbocycles. The zero-order valence-corrected chi connectivity index (χ0v) is 10.6. The Bertz CT molecular complexity index is 433. The Labute approximate surface area is 110 Å². The minimum atomic E-state index is -0.996. The van der Waals surface area contributed by atoms with Crippen LogP contribution >= 0.6 is 0 Å². The highest BCUT2D eigenvalue weighted by atomic mass is 19.1. The van der Waals surface area contributed by atoms with Crippen molar-refractivity contribution < 1.29 is 23.8 Å². The number of carbonyl (C=O) groups is 2. The molecular formula is C13H16FNO4. The topological polar surface area (TPSA) is 66.8 Å². The average molecular weight is 269 g/mol. The van der Waals surface area contributed by atoms with Crippen molar-refractivity contribution in [3.63, 3.8) is 0 Å². The first-order valence-corrected chi connectivity index (χ1v) is 5.83. The molecule has 0 aliphatic heterocycles. The molecule has 0 aromatic heterocycles. The number of hydrogen-bond donors (Lipinski definition) is 1. The fourth-order valence-electron chi connectivity index (χ4n) is 1.36. The van der Waals surface area contributed by atoms with Crippen molar-refractivity contribution >= 4 is 11.9 Å². The maximum atomic E-state index is 12.6. The molecule has 0 fully saturated rings. The van der Waals surface area contributed by atoms with Crippen LogP contribution in [0.25, 0.3) is 0 Å². The molecule has 0 unspecified atom stereocenters. The number of nitrogens with zero attached hydrogens (tertiary/aromatic N) is 1. The molecule has 1 aromatic carbocycles. The first kappa shape index (κ1) is 14.9. The van der Waals surface area contributed by atoms with E-state index in [-0.39, 0.29) is 31.2 Å². The molecule has 1 aromatic rings. The van der Waals surface area contributed by atoms with E-state index in [0.717, 1.165) is 0 Å². The number of carboxylic acids is 1. The van der Waals surface area contributed by atoms with Gasteiger partial charge in [-0.1, -0.05) is 0 Å². The van der Waals surface area contributed by atoms with Gasteiger partial charge in [-0.05, 0) is 24.3 Å². The standard InChI is InChI=1S/C13H16FNO4/c1-15(12(16)6-7-13(17)18)8-9-19-11-4-2-10(14)3-5-11/h2-5H,6-9H2,1H3,(H,17,18). The van der Waals surface area contributed by atoms with Crippen molar-refractivity contribution in [2.45, 2.75) is 12.8 Å². The lowest BCUT2D eigenvalue weighted by Crippen LogP contribution is -2.31. The third-order valence-electron chi connectivity index (χ3n) is 2.49. The van der Waals surface area contributed by atoms with E-state index in [0.29, 0.717) is 12.3 Å². The third-order valence-corrected chi connectivity index (χ3v) is 2.49. The zero-order chi connectivity index (χ0) is 14.3. The van der Waals surface area contributed by atoms with Crippen molar-refractivity contribution in [1.82, 2.24) is 4.90 Å². The number of likely N-dealkylation sites (N-methyl/N-ethyl adjacent to an activating group) is 1. The van der Waals surface area contributed by atoms with Crippen molar-refractivity contribution in [1.29, 1.82) is 0 Å². The number of carboxylic acid groups (broad SMARTS) is 1. The number of ether oxygens (including phenoxy) is 1. The van der Waals surface area contributed by atoms with Crippen LogP contribution in [0.2, 0.25) is 0 Å². The molecule has 0 atom stereocenters. The van der Waals surface area contributed by atoms with Crippen LogP contribution in [0.1, 0.15) is 12.8 Å². The van der Waals surface area contributed by atoms with Crippen LogP contribution in [-0.4, -0.2) is 42.1 Å². The minimum Gasteiger partial charge on any atom is -0.492 e. The summed E-state index contributed by atoms with van der Waals surface area (Å²) >= 11 is 0. The second-order valence-electron chi connectivity index (χ2n) is 4.01. The summed E-state index contributed by atoms with van der Waals surface area (Å²) in [6.07, 6.45) is -0.204. The molecule has 5 nitrogen and oxygen atoms in total. The van der Waals surface area contributed by atoms with Gasteiger partial charge in [-0.25, -0.2) is 4.39 Å². The SMILES string of the molecule is CN(CCOc1ccc(F)cc1)C(=O)CCC(=O)O. The Morgan fingerprint density at radius 2 is 1.89 bits per heavy atom. The summed E-state index contributed by atoms with van der Waals surface area (Å²) in [5, 5.41) is 8.47. The molecule has 1 amide bonds. The Hall–Kier alpha value is -2.11. The summed E-state index contributed by atoms with van der Waals surface area (Å²) in [5.41, 5.74) is 0. The Balaban J connectivity index is 2.26.